The van der Waals surface area contributed by atoms with Crippen molar-refractivity contribution in [3.05, 3.63) is 23.7 Å². The Morgan fingerprint density at radius 3 is 2.79 bits per heavy atom. The standard InChI is InChI=1S/C13H15N3O3/c1-7-8(2)15-5-9(3-11(18)13(15)14-7)16-6-10(17)4-12(16)19/h3,5,10,17-18H,4,6H2,1-2H3/t10-/m0/s1. The maximum atomic E-state index is 11.8. The molecule has 1 aliphatic rings. The zero-order chi connectivity index (χ0) is 13.7. The van der Waals surface area contributed by atoms with Gasteiger partial charge in [0.2, 0.25) is 5.91 Å². The van der Waals surface area contributed by atoms with Crippen molar-refractivity contribution in [3.8, 4) is 5.75 Å². The third-order valence-corrected chi connectivity index (χ3v) is 3.58. The van der Waals surface area contributed by atoms with Crippen LogP contribution in [0, 0.1) is 13.8 Å². The van der Waals surface area contributed by atoms with Crippen LogP contribution in [0.5, 0.6) is 5.75 Å². The van der Waals surface area contributed by atoms with Crippen LogP contribution < -0.4 is 4.90 Å². The maximum absolute atomic E-state index is 11.8. The number of hydrogen-bond acceptors (Lipinski definition) is 4. The number of anilines is 1. The summed E-state index contributed by atoms with van der Waals surface area (Å²) in [7, 11) is 0. The molecule has 0 saturated carbocycles. The fraction of sp³-hybridized carbons (Fsp3) is 0.385. The predicted molar refractivity (Wildman–Crippen MR) is 69.3 cm³/mol. The number of fused-ring (bicyclic) bond motifs is 1. The van der Waals surface area contributed by atoms with Gasteiger partial charge in [0.1, 0.15) is 0 Å². The monoisotopic (exact) mass is 261 g/mol. The van der Waals surface area contributed by atoms with E-state index in [-0.39, 0.29) is 24.6 Å². The molecule has 100 valence electrons. The molecule has 1 saturated heterocycles. The Hall–Kier alpha value is -2.08. The number of aryl methyl sites for hydroxylation is 2. The van der Waals surface area contributed by atoms with Gasteiger partial charge in [-0.05, 0) is 13.8 Å². The first kappa shape index (κ1) is 12.0. The Balaban J connectivity index is 2.15. The highest BCUT2D eigenvalue weighted by Gasteiger charge is 2.30. The third kappa shape index (κ3) is 1.76. The van der Waals surface area contributed by atoms with E-state index in [2.05, 4.69) is 4.98 Å². The predicted octanol–water partition coefficient (Wildman–Crippen LogP) is 0.754. The fourth-order valence-corrected chi connectivity index (χ4v) is 2.43. The molecular weight excluding hydrogens is 246 g/mol. The highest BCUT2D eigenvalue weighted by atomic mass is 16.3. The number of pyridine rings is 1. The number of carbonyl (C=O) groups is 1. The molecule has 0 spiro atoms. The van der Waals surface area contributed by atoms with E-state index in [1.54, 1.807) is 10.6 Å². The average molecular weight is 261 g/mol. The molecule has 1 atom stereocenters. The van der Waals surface area contributed by atoms with Crippen LogP contribution in [-0.4, -0.2) is 38.2 Å². The second kappa shape index (κ2) is 3.96. The van der Waals surface area contributed by atoms with E-state index in [1.165, 1.54) is 11.0 Å². The highest BCUT2D eigenvalue weighted by Crippen LogP contribution is 2.29. The maximum Gasteiger partial charge on any atom is 0.229 e. The van der Waals surface area contributed by atoms with Gasteiger partial charge in [-0.25, -0.2) is 4.98 Å². The lowest BCUT2D eigenvalue weighted by Crippen LogP contribution is -2.25. The Morgan fingerprint density at radius 2 is 2.16 bits per heavy atom. The van der Waals surface area contributed by atoms with Crippen LogP contribution in [0.25, 0.3) is 5.65 Å². The first-order valence-electron chi connectivity index (χ1n) is 6.14. The van der Waals surface area contributed by atoms with Gasteiger partial charge in [-0.2, -0.15) is 0 Å². The van der Waals surface area contributed by atoms with Crippen LogP contribution in [0.3, 0.4) is 0 Å². The number of aliphatic hydroxyl groups is 1. The van der Waals surface area contributed by atoms with Gasteiger partial charge in [-0.3, -0.25) is 9.20 Å². The molecule has 3 heterocycles. The molecule has 0 aromatic carbocycles. The van der Waals surface area contributed by atoms with Gasteiger partial charge in [0.25, 0.3) is 0 Å². The molecule has 2 aromatic heterocycles. The zero-order valence-electron chi connectivity index (χ0n) is 10.8. The number of β-amino-alcohol motifs (C(OH)–C–C–N with tert-alkyl or cyclic N) is 1. The van der Waals surface area contributed by atoms with Crippen molar-refractivity contribution < 1.29 is 15.0 Å². The molecule has 3 rings (SSSR count). The molecule has 6 nitrogen and oxygen atoms in total. The Morgan fingerprint density at radius 1 is 1.42 bits per heavy atom. The first-order chi connectivity index (χ1) is 8.97. The molecule has 0 bridgehead atoms. The topological polar surface area (TPSA) is 78.1 Å². The minimum Gasteiger partial charge on any atom is -0.504 e. The second-order valence-corrected chi connectivity index (χ2v) is 4.92. The summed E-state index contributed by atoms with van der Waals surface area (Å²) in [5.74, 6) is -0.108. The molecule has 19 heavy (non-hydrogen) atoms. The van der Waals surface area contributed by atoms with Crippen molar-refractivity contribution in [1.29, 1.82) is 0 Å². The van der Waals surface area contributed by atoms with Gasteiger partial charge in [-0.15, -0.1) is 0 Å². The minimum atomic E-state index is -0.643. The number of nitrogens with zero attached hydrogens (tertiary/aromatic N) is 3. The summed E-state index contributed by atoms with van der Waals surface area (Å²) >= 11 is 0. The summed E-state index contributed by atoms with van der Waals surface area (Å²) in [5.41, 5.74) is 2.80. The molecule has 1 aliphatic heterocycles. The molecular formula is C13H15N3O3. The fourth-order valence-electron chi connectivity index (χ4n) is 2.43. The smallest absolute Gasteiger partial charge is 0.229 e. The summed E-state index contributed by atoms with van der Waals surface area (Å²) in [6.07, 6.45) is 1.25. The quantitative estimate of drug-likeness (QED) is 0.794. The van der Waals surface area contributed by atoms with E-state index in [9.17, 15) is 15.0 Å². The first-order valence-corrected chi connectivity index (χ1v) is 6.14. The SMILES string of the molecule is Cc1nc2c(O)cc(N3C[C@@H](O)CC3=O)cn2c1C. The van der Waals surface area contributed by atoms with Gasteiger partial charge in [0.05, 0.1) is 30.5 Å². The van der Waals surface area contributed by atoms with Gasteiger partial charge in [0.15, 0.2) is 11.4 Å². The van der Waals surface area contributed by atoms with Crippen molar-refractivity contribution in [2.24, 2.45) is 0 Å². The van der Waals surface area contributed by atoms with Gasteiger partial charge in [0, 0.05) is 18.0 Å². The van der Waals surface area contributed by atoms with Crippen LogP contribution in [0.2, 0.25) is 0 Å². The average Bonchev–Trinajstić information content (AvgIpc) is 2.82. The van der Waals surface area contributed by atoms with Crippen LogP contribution >= 0.6 is 0 Å². The number of aromatic hydroxyl groups is 1. The van der Waals surface area contributed by atoms with Crippen molar-refractivity contribution in [2.75, 3.05) is 11.4 Å². The molecule has 0 aliphatic carbocycles. The van der Waals surface area contributed by atoms with E-state index in [1.807, 2.05) is 13.8 Å². The number of carbonyl (C=O) groups excluding carboxylic acids is 1. The van der Waals surface area contributed by atoms with E-state index in [4.69, 9.17) is 0 Å². The molecule has 0 unspecified atom stereocenters. The molecule has 1 amide bonds. The van der Waals surface area contributed by atoms with Crippen molar-refractivity contribution in [1.82, 2.24) is 9.38 Å². The summed E-state index contributed by atoms with van der Waals surface area (Å²) in [5, 5.41) is 19.5. The summed E-state index contributed by atoms with van der Waals surface area (Å²) in [6.45, 7) is 4.03. The van der Waals surface area contributed by atoms with Gasteiger partial charge < -0.3 is 15.1 Å². The zero-order valence-corrected chi connectivity index (χ0v) is 10.8. The van der Waals surface area contributed by atoms with Gasteiger partial charge >= 0.3 is 0 Å². The van der Waals surface area contributed by atoms with Crippen molar-refractivity contribution >= 4 is 17.2 Å². The minimum absolute atomic E-state index is 0.0305. The molecule has 2 N–H and O–H groups in total. The summed E-state index contributed by atoms with van der Waals surface area (Å²) in [4.78, 5) is 17.5. The van der Waals surface area contributed by atoms with Crippen LogP contribution in [0.15, 0.2) is 12.3 Å². The summed E-state index contributed by atoms with van der Waals surface area (Å²) in [6, 6.07) is 1.51. The van der Waals surface area contributed by atoms with Crippen molar-refractivity contribution in [3.63, 3.8) is 0 Å². The Bertz CT molecular complexity index is 677. The number of amides is 1. The normalized spacial score (nSPS) is 19.6. The second-order valence-electron chi connectivity index (χ2n) is 4.92. The van der Waals surface area contributed by atoms with E-state index < -0.39 is 6.10 Å². The Kier molecular flexibility index (Phi) is 2.50. The number of aromatic nitrogens is 2. The molecule has 1 fully saturated rings. The lowest BCUT2D eigenvalue weighted by atomic mass is 10.3. The molecule has 0 radical (unpaired) electrons. The van der Waals surface area contributed by atoms with Crippen LogP contribution in [0.4, 0.5) is 5.69 Å². The highest BCUT2D eigenvalue weighted by molar-refractivity contribution is 5.96. The van der Waals surface area contributed by atoms with E-state index in [0.29, 0.717) is 11.3 Å². The van der Waals surface area contributed by atoms with Crippen LogP contribution in [-0.2, 0) is 4.79 Å². The molecule has 2 aromatic rings. The van der Waals surface area contributed by atoms with E-state index in [0.717, 1.165) is 11.4 Å². The lowest BCUT2D eigenvalue weighted by molar-refractivity contribution is -0.117. The number of imidazole rings is 1. The third-order valence-electron chi connectivity index (χ3n) is 3.58. The Labute approximate surface area is 109 Å². The lowest BCUT2D eigenvalue weighted by Gasteiger charge is -2.16. The number of hydrogen-bond donors (Lipinski definition) is 2. The van der Waals surface area contributed by atoms with Crippen LogP contribution in [0.1, 0.15) is 17.8 Å². The van der Waals surface area contributed by atoms with E-state index >= 15 is 0 Å². The van der Waals surface area contributed by atoms with Crippen molar-refractivity contribution in [2.45, 2.75) is 26.4 Å². The number of aliphatic hydroxyl groups excluding tert-OH is 1. The largest absolute Gasteiger partial charge is 0.504 e. The molecule has 6 heteroatoms. The number of rotatable bonds is 1. The van der Waals surface area contributed by atoms with Gasteiger partial charge in [-0.1, -0.05) is 0 Å². The summed E-state index contributed by atoms with van der Waals surface area (Å²) < 4.78 is 1.76.